The number of anilines is 2. The first-order valence-corrected chi connectivity index (χ1v) is 10.7. The second-order valence-electron chi connectivity index (χ2n) is 7.82. The number of carbonyl (C=O) groups is 1. The van der Waals surface area contributed by atoms with Crippen LogP contribution in [-0.2, 0) is 6.42 Å². The minimum atomic E-state index is -0.0763. The van der Waals surface area contributed by atoms with E-state index in [0.717, 1.165) is 4.73 Å². The van der Waals surface area contributed by atoms with Gasteiger partial charge in [-0.25, -0.2) is 0 Å². The molecule has 0 bridgehead atoms. The largest absolute Gasteiger partial charge is 0.618 e. The van der Waals surface area contributed by atoms with Crippen molar-refractivity contribution in [3.8, 4) is 28.7 Å². The number of Topliss-reactive ketones (excluding diaryl/α,β-unsaturated/α-hetero) is 1. The van der Waals surface area contributed by atoms with Gasteiger partial charge in [0.05, 0.1) is 38.5 Å². The Labute approximate surface area is 190 Å². The number of pyridine rings is 1. The fourth-order valence-corrected chi connectivity index (χ4v) is 4.47. The van der Waals surface area contributed by atoms with Crippen molar-refractivity contribution in [3.63, 3.8) is 0 Å². The maximum Gasteiger partial charge on any atom is 0.230 e. The quantitative estimate of drug-likeness (QED) is 0.463. The molecule has 1 aromatic heterocycles. The first-order chi connectivity index (χ1) is 16.0. The van der Waals surface area contributed by atoms with Crippen LogP contribution in [0.15, 0.2) is 24.3 Å². The van der Waals surface area contributed by atoms with Crippen molar-refractivity contribution in [2.45, 2.75) is 19.3 Å². The Morgan fingerprint density at radius 1 is 0.939 bits per heavy atom. The molecule has 0 amide bonds. The van der Waals surface area contributed by atoms with Crippen LogP contribution in [-0.4, -0.2) is 40.3 Å². The van der Waals surface area contributed by atoms with E-state index in [2.05, 4.69) is 5.32 Å². The molecule has 0 saturated carbocycles. The number of nitrogens with one attached hydrogen (secondary N) is 1. The van der Waals surface area contributed by atoms with Gasteiger partial charge < -0.3 is 34.2 Å². The molecule has 2 heterocycles. The first kappa shape index (κ1) is 21.0. The monoisotopic (exact) mass is 452 g/mol. The van der Waals surface area contributed by atoms with Gasteiger partial charge in [0, 0.05) is 36.7 Å². The topological polar surface area (TPSA) is 102 Å². The average Bonchev–Trinajstić information content (AvgIpc) is 2.85. The molecule has 1 aliphatic heterocycles. The molecule has 0 saturated heterocycles. The summed E-state index contributed by atoms with van der Waals surface area (Å²) in [6, 6.07) is 6.93. The fraction of sp³-hybridized carbons (Fsp3) is 0.333. The molecule has 0 fully saturated rings. The van der Waals surface area contributed by atoms with Gasteiger partial charge in [-0.3, -0.25) is 4.79 Å². The van der Waals surface area contributed by atoms with Crippen LogP contribution in [0.1, 0.15) is 28.9 Å². The molecule has 3 aromatic rings. The predicted octanol–water partition coefficient (Wildman–Crippen LogP) is 3.53. The van der Waals surface area contributed by atoms with E-state index in [1.165, 1.54) is 21.3 Å². The fourth-order valence-electron chi connectivity index (χ4n) is 4.47. The van der Waals surface area contributed by atoms with E-state index in [1.807, 2.05) is 0 Å². The Kier molecular flexibility index (Phi) is 5.24. The van der Waals surface area contributed by atoms with Crippen LogP contribution in [0.3, 0.4) is 0 Å². The highest BCUT2D eigenvalue weighted by molar-refractivity contribution is 6.10. The third kappa shape index (κ3) is 3.40. The number of ether oxygens (including phenoxy) is 5. The molecule has 33 heavy (non-hydrogen) atoms. The van der Waals surface area contributed by atoms with Crippen molar-refractivity contribution >= 4 is 28.1 Å². The van der Waals surface area contributed by atoms with Crippen molar-refractivity contribution in [3.05, 3.63) is 40.7 Å². The normalized spacial score (nSPS) is 14.6. The van der Waals surface area contributed by atoms with E-state index >= 15 is 0 Å². The minimum Gasteiger partial charge on any atom is -0.618 e. The molecule has 0 radical (unpaired) electrons. The number of benzene rings is 2. The number of hydrogen-bond acceptors (Lipinski definition) is 8. The second-order valence-corrected chi connectivity index (χ2v) is 7.82. The van der Waals surface area contributed by atoms with E-state index in [9.17, 15) is 10.0 Å². The molecule has 1 aliphatic carbocycles. The van der Waals surface area contributed by atoms with Gasteiger partial charge in [-0.2, -0.15) is 4.73 Å². The lowest BCUT2D eigenvalue weighted by molar-refractivity contribution is -0.586. The van der Waals surface area contributed by atoms with Crippen molar-refractivity contribution in [1.29, 1.82) is 0 Å². The molecule has 172 valence electrons. The number of rotatable bonds is 5. The lowest BCUT2D eigenvalue weighted by Crippen LogP contribution is -2.38. The number of fused-ring (bicyclic) bond motifs is 3. The number of carbonyl (C=O) groups excluding carboxylic acids is 1. The van der Waals surface area contributed by atoms with Crippen LogP contribution in [0.25, 0.3) is 10.9 Å². The molecule has 9 heteroatoms. The summed E-state index contributed by atoms with van der Waals surface area (Å²) >= 11 is 0. The molecule has 0 spiro atoms. The molecule has 9 nitrogen and oxygen atoms in total. The Morgan fingerprint density at radius 2 is 1.61 bits per heavy atom. The zero-order valence-electron chi connectivity index (χ0n) is 18.6. The van der Waals surface area contributed by atoms with Crippen molar-refractivity contribution in [2.75, 3.05) is 39.9 Å². The van der Waals surface area contributed by atoms with Crippen molar-refractivity contribution in [1.82, 2.24) is 0 Å². The van der Waals surface area contributed by atoms with Gasteiger partial charge in [0.2, 0.25) is 17.0 Å². The molecule has 2 aromatic carbocycles. The van der Waals surface area contributed by atoms with Gasteiger partial charge in [0.1, 0.15) is 18.8 Å². The SMILES string of the molecule is COc1cc(Nc2c3c([n+]([O-])c4cc5c(cc24)OCCO5)CCCC3=O)cc(OC)c1OC. The summed E-state index contributed by atoms with van der Waals surface area (Å²) in [6.07, 6.45) is 1.53. The van der Waals surface area contributed by atoms with Crippen LogP contribution in [0.2, 0.25) is 0 Å². The third-order valence-corrected chi connectivity index (χ3v) is 5.96. The van der Waals surface area contributed by atoms with E-state index in [4.69, 9.17) is 23.7 Å². The molecule has 1 N–H and O–H groups in total. The van der Waals surface area contributed by atoms with Crippen molar-refractivity contribution in [2.24, 2.45) is 0 Å². The molecule has 0 unspecified atom stereocenters. The summed E-state index contributed by atoms with van der Waals surface area (Å²) in [6.45, 7) is 0.826. The summed E-state index contributed by atoms with van der Waals surface area (Å²) in [4.78, 5) is 13.0. The van der Waals surface area contributed by atoms with E-state index in [0.29, 0.717) is 94.8 Å². The molecule has 0 atom stereocenters. The van der Waals surface area contributed by atoms with Crippen LogP contribution < -0.4 is 33.7 Å². The molecule has 2 aliphatic rings. The van der Waals surface area contributed by atoms with Gasteiger partial charge in [-0.1, -0.05) is 0 Å². The second kappa shape index (κ2) is 8.23. The smallest absolute Gasteiger partial charge is 0.230 e. The molecule has 5 rings (SSSR count). The number of nitrogens with zero attached hydrogens (tertiary/aromatic N) is 1. The van der Waals surface area contributed by atoms with E-state index < -0.39 is 0 Å². The summed E-state index contributed by atoms with van der Waals surface area (Å²) in [5, 5.41) is 17.2. The maximum atomic E-state index is 13.3. The molecular weight excluding hydrogens is 428 g/mol. The zero-order valence-corrected chi connectivity index (χ0v) is 18.6. The standard InChI is InChI=1S/C24H24N2O7/c1-29-20-9-13(10-21(30-2)24(20)31-3)25-23-14-11-18-19(33-8-7-32-18)12-16(14)26(28)15-5-4-6-17(27)22(15)23/h9-12,25H,4-8H2,1-3H3. The average molecular weight is 452 g/mol. The van der Waals surface area contributed by atoms with Gasteiger partial charge in [-0.05, 0) is 6.42 Å². The van der Waals surface area contributed by atoms with Gasteiger partial charge >= 0.3 is 0 Å². The Bertz CT molecular complexity index is 1250. The van der Waals surface area contributed by atoms with E-state index in [1.54, 1.807) is 24.3 Å². The Balaban J connectivity index is 1.76. The zero-order chi connectivity index (χ0) is 23.1. The van der Waals surface area contributed by atoms with Gasteiger partial charge in [-0.15, -0.1) is 0 Å². The summed E-state index contributed by atoms with van der Waals surface area (Å²) in [5.41, 5.74) is 2.41. The summed E-state index contributed by atoms with van der Waals surface area (Å²) < 4.78 is 28.6. The molecular formula is C24H24N2O7. The number of methoxy groups -OCH3 is 3. The Morgan fingerprint density at radius 3 is 2.24 bits per heavy atom. The van der Waals surface area contributed by atoms with Crippen LogP contribution >= 0.6 is 0 Å². The number of aromatic nitrogens is 1. The summed E-state index contributed by atoms with van der Waals surface area (Å²) in [5.74, 6) is 2.36. The van der Waals surface area contributed by atoms with E-state index in [-0.39, 0.29) is 5.78 Å². The highest BCUT2D eigenvalue weighted by Gasteiger charge is 2.32. The van der Waals surface area contributed by atoms with Gasteiger partial charge in [0.25, 0.3) is 0 Å². The first-order valence-electron chi connectivity index (χ1n) is 10.7. The lowest BCUT2D eigenvalue weighted by Gasteiger charge is -2.24. The third-order valence-electron chi connectivity index (χ3n) is 5.96. The van der Waals surface area contributed by atoms with Crippen molar-refractivity contribution < 1.29 is 33.2 Å². The number of hydrogen-bond donors (Lipinski definition) is 1. The van der Waals surface area contributed by atoms with Crippen LogP contribution in [0.4, 0.5) is 11.4 Å². The minimum absolute atomic E-state index is 0.0763. The highest BCUT2D eigenvalue weighted by atomic mass is 16.6. The predicted molar refractivity (Wildman–Crippen MR) is 121 cm³/mol. The summed E-state index contributed by atoms with van der Waals surface area (Å²) in [7, 11) is 4.61. The van der Waals surface area contributed by atoms with Crippen LogP contribution in [0, 0.1) is 5.21 Å². The lowest BCUT2D eigenvalue weighted by atomic mass is 9.91. The number of ketones is 1. The highest BCUT2D eigenvalue weighted by Crippen LogP contribution is 2.44. The van der Waals surface area contributed by atoms with Crippen LogP contribution in [0.5, 0.6) is 28.7 Å². The maximum absolute atomic E-state index is 13.3. The Hall–Kier alpha value is -3.88. The van der Waals surface area contributed by atoms with Gasteiger partial charge in [0.15, 0.2) is 28.8 Å².